The molecule has 22 heavy (non-hydrogen) atoms. The Morgan fingerprint density at radius 3 is 2.32 bits per heavy atom. The molecule has 118 valence electrons. The molecule has 1 aromatic carbocycles. The van der Waals surface area contributed by atoms with Gasteiger partial charge in [0.15, 0.2) is 0 Å². The van der Waals surface area contributed by atoms with Crippen LogP contribution in [0.3, 0.4) is 0 Å². The molecule has 7 heteroatoms. The molecular formula is C15H18N2O5. The van der Waals surface area contributed by atoms with Gasteiger partial charge in [0.05, 0.1) is 0 Å². The highest BCUT2D eigenvalue weighted by Crippen LogP contribution is 2.20. The van der Waals surface area contributed by atoms with Crippen molar-refractivity contribution in [3.63, 3.8) is 0 Å². The van der Waals surface area contributed by atoms with Crippen LogP contribution in [-0.4, -0.2) is 38.3 Å². The molecule has 0 aliphatic heterocycles. The van der Waals surface area contributed by atoms with E-state index in [1.807, 2.05) is 13.0 Å². The Bertz CT molecular complexity index is 672. The van der Waals surface area contributed by atoms with E-state index in [4.69, 9.17) is 15.9 Å². The smallest absolute Gasteiger partial charge is 0.328 e. The lowest BCUT2D eigenvalue weighted by Gasteiger charge is -2.00. The number of phenolic OH excluding ortho intramolecular Hbond substituents is 1. The van der Waals surface area contributed by atoms with Gasteiger partial charge < -0.3 is 26.0 Å². The highest BCUT2D eigenvalue weighted by molar-refractivity contribution is 5.89. The van der Waals surface area contributed by atoms with E-state index in [0.717, 1.165) is 23.0 Å². The van der Waals surface area contributed by atoms with Gasteiger partial charge in [0.2, 0.25) is 0 Å². The van der Waals surface area contributed by atoms with Gasteiger partial charge in [-0.05, 0) is 30.5 Å². The number of nitrogens with one attached hydrogen (secondary N) is 1. The number of benzene rings is 1. The standard InChI is InChI=1S/C11H14N2O.C4H4O4/c1-7(12)4-9-5-8-2-3-10(14)6-11(8)13-9;5-3(6)1-2-4(7)8/h2-3,5-7,13-14H,4,12H2,1H3;1-2H,(H,5,6)(H,7,8)/b;2-1+. The van der Waals surface area contributed by atoms with Crippen LogP contribution in [0.4, 0.5) is 0 Å². The normalized spacial score (nSPS) is 11.9. The van der Waals surface area contributed by atoms with Crippen LogP contribution in [0.25, 0.3) is 10.9 Å². The van der Waals surface area contributed by atoms with Crippen molar-refractivity contribution >= 4 is 22.8 Å². The van der Waals surface area contributed by atoms with Crippen LogP contribution in [0.2, 0.25) is 0 Å². The number of aliphatic carboxylic acids is 2. The van der Waals surface area contributed by atoms with E-state index in [1.165, 1.54) is 0 Å². The van der Waals surface area contributed by atoms with E-state index in [1.54, 1.807) is 12.1 Å². The van der Waals surface area contributed by atoms with E-state index >= 15 is 0 Å². The first kappa shape index (κ1) is 17.3. The molecule has 0 saturated carbocycles. The monoisotopic (exact) mass is 306 g/mol. The topological polar surface area (TPSA) is 137 Å². The third-order valence-electron chi connectivity index (χ3n) is 2.57. The highest BCUT2D eigenvalue weighted by atomic mass is 16.4. The third-order valence-corrected chi connectivity index (χ3v) is 2.57. The largest absolute Gasteiger partial charge is 0.508 e. The van der Waals surface area contributed by atoms with E-state index in [-0.39, 0.29) is 11.8 Å². The first-order valence-electron chi connectivity index (χ1n) is 6.48. The van der Waals surface area contributed by atoms with Gasteiger partial charge in [-0.3, -0.25) is 0 Å². The van der Waals surface area contributed by atoms with Crippen molar-refractivity contribution in [1.82, 2.24) is 4.98 Å². The van der Waals surface area contributed by atoms with Crippen molar-refractivity contribution in [2.45, 2.75) is 19.4 Å². The molecule has 2 aromatic rings. The molecule has 1 atom stereocenters. The molecule has 0 spiro atoms. The number of fused-ring (bicyclic) bond motifs is 1. The van der Waals surface area contributed by atoms with Crippen LogP contribution < -0.4 is 5.73 Å². The summed E-state index contributed by atoms with van der Waals surface area (Å²) in [5, 5.41) is 26.0. The number of aromatic hydroxyl groups is 1. The predicted octanol–water partition coefficient (Wildman–Crippen LogP) is 1.48. The second kappa shape index (κ2) is 7.84. The van der Waals surface area contributed by atoms with Crippen LogP contribution >= 0.6 is 0 Å². The lowest BCUT2D eigenvalue weighted by atomic mass is 10.2. The van der Waals surface area contributed by atoms with Crippen molar-refractivity contribution in [3.05, 3.63) is 42.1 Å². The highest BCUT2D eigenvalue weighted by Gasteiger charge is 2.03. The molecule has 0 aliphatic rings. The third kappa shape index (κ3) is 6.10. The Morgan fingerprint density at radius 2 is 1.82 bits per heavy atom. The molecule has 0 aliphatic carbocycles. The van der Waals surface area contributed by atoms with Gasteiger partial charge in [-0.1, -0.05) is 0 Å². The number of carbonyl (C=O) groups is 2. The van der Waals surface area contributed by atoms with Crippen LogP contribution in [0, 0.1) is 0 Å². The minimum absolute atomic E-state index is 0.150. The van der Waals surface area contributed by atoms with Gasteiger partial charge >= 0.3 is 11.9 Å². The Balaban J connectivity index is 0.000000261. The number of aromatic amines is 1. The average Bonchev–Trinajstić information content (AvgIpc) is 2.77. The zero-order valence-electron chi connectivity index (χ0n) is 12.0. The molecule has 0 bridgehead atoms. The first-order valence-corrected chi connectivity index (χ1v) is 6.48. The molecule has 1 aromatic heterocycles. The minimum atomic E-state index is -1.26. The lowest BCUT2D eigenvalue weighted by Crippen LogP contribution is -2.17. The minimum Gasteiger partial charge on any atom is -0.508 e. The Morgan fingerprint density at radius 1 is 1.23 bits per heavy atom. The van der Waals surface area contributed by atoms with Gasteiger partial charge in [-0.15, -0.1) is 0 Å². The number of hydrogen-bond donors (Lipinski definition) is 5. The molecule has 0 amide bonds. The summed E-state index contributed by atoms with van der Waals surface area (Å²) in [6, 6.07) is 7.52. The number of hydrogen-bond acceptors (Lipinski definition) is 4. The molecule has 2 rings (SSSR count). The number of H-pyrrole nitrogens is 1. The summed E-state index contributed by atoms with van der Waals surface area (Å²) in [6.07, 6.45) is 1.94. The summed E-state index contributed by atoms with van der Waals surface area (Å²) in [7, 11) is 0. The van der Waals surface area contributed by atoms with E-state index in [2.05, 4.69) is 11.1 Å². The van der Waals surface area contributed by atoms with Crippen LogP contribution in [0.15, 0.2) is 36.4 Å². The Kier molecular flexibility index (Phi) is 6.15. The van der Waals surface area contributed by atoms with Gasteiger partial charge in [0.25, 0.3) is 0 Å². The molecule has 1 heterocycles. The van der Waals surface area contributed by atoms with Gasteiger partial charge in [-0.25, -0.2) is 9.59 Å². The van der Waals surface area contributed by atoms with E-state index < -0.39 is 11.9 Å². The maximum atomic E-state index is 9.55. The van der Waals surface area contributed by atoms with Crippen molar-refractivity contribution in [1.29, 1.82) is 0 Å². The van der Waals surface area contributed by atoms with Gasteiger partial charge in [-0.2, -0.15) is 0 Å². The maximum Gasteiger partial charge on any atom is 0.328 e. The number of phenols is 1. The Labute approximate surface area is 126 Å². The van der Waals surface area contributed by atoms with E-state index in [0.29, 0.717) is 12.2 Å². The average molecular weight is 306 g/mol. The number of aromatic nitrogens is 1. The number of carboxylic acid groups (broad SMARTS) is 2. The fraction of sp³-hybridized carbons (Fsp3) is 0.200. The predicted molar refractivity (Wildman–Crippen MR) is 81.7 cm³/mol. The summed E-state index contributed by atoms with van der Waals surface area (Å²) in [5.74, 6) is -2.23. The van der Waals surface area contributed by atoms with Crippen LogP contribution in [0.1, 0.15) is 12.6 Å². The summed E-state index contributed by atoms with van der Waals surface area (Å²) in [5.41, 5.74) is 7.78. The summed E-state index contributed by atoms with van der Waals surface area (Å²) in [4.78, 5) is 22.3. The summed E-state index contributed by atoms with van der Waals surface area (Å²) in [6.45, 7) is 1.98. The summed E-state index contributed by atoms with van der Waals surface area (Å²) >= 11 is 0. The molecular weight excluding hydrogens is 288 g/mol. The molecule has 7 nitrogen and oxygen atoms in total. The maximum absolute atomic E-state index is 9.55. The molecule has 6 N–H and O–H groups in total. The fourth-order valence-electron chi connectivity index (χ4n) is 1.77. The zero-order chi connectivity index (χ0) is 16.7. The van der Waals surface area contributed by atoms with Gasteiger partial charge in [0.1, 0.15) is 5.75 Å². The summed E-state index contributed by atoms with van der Waals surface area (Å²) < 4.78 is 0. The van der Waals surface area contributed by atoms with Crippen molar-refractivity contribution in [2.24, 2.45) is 5.73 Å². The Hall–Kier alpha value is -2.80. The first-order chi connectivity index (χ1) is 10.3. The van der Waals surface area contributed by atoms with Crippen molar-refractivity contribution in [2.75, 3.05) is 0 Å². The second-order valence-electron chi connectivity index (χ2n) is 4.76. The quantitative estimate of drug-likeness (QED) is 0.543. The number of rotatable bonds is 4. The number of carboxylic acids is 2. The zero-order valence-corrected chi connectivity index (χ0v) is 12.0. The van der Waals surface area contributed by atoms with Crippen LogP contribution in [-0.2, 0) is 16.0 Å². The molecule has 0 fully saturated rings. The SMILES string of the molecule is CC(N)Cc1cc2ccc(O)cc2[nH]1.O=C(O)/C=C/C(=O)O. The van der Waals surface area contributed by atoms with Crippen molar-refractivity contribution in [3.8, 4) is 5.75 Å². The molecule has 0 saturated heterocycles. The lowest BCUT2D eigenvalue weighted by molar-refractivity contribution is -0.134. The molecule has 0 radical (unpaired) electrons. The number of nitrogens with two attached hydrogens (primary N) is 1. The fourth-order valence-corrected chi connectivity index (χ4v) is 1.77. The second-order valence-corrected chi connectivity index (χ2v) is 4.76. The van der Waals surface area contributed by atoms with E-state index in [9.17, 15) is 14.7 Å². The van der Waals surface area contributed by atoms with Crippen molar-refractivity contribution < 1.29 is 24.9 Å². The van der Waals surface area contributed by atoms with Crippen LogP contribution in [0.5, 0.6) is 5.75 Å². The van der Waals surface area contributed by atoms with Gasteiger partial charge in [0, 0.05) is 41.9 Å². The molecule has 1 unspecified atom stereocenters.